The van der Waals surface area contributed by atoms with E-state index in [4.69, 9.17) is 5.73 Å². The summed E-state index contributed by atoms with van der Waals surface area (Å²) < 4.78 is 0. The maximum Gasteiger partial charge on any atom is 0.0354 e. The summed E-state index contributed by atoms with van der Waals surface area (Å²) in [6, 6.07) is 6.12. The summed E-state index contributed by atoms with van der Waals surface area (Å²) >= 11 is 1.90. The van der Waals surface area contributed by atoms with Crippen LogP contribution >= 0.6 is 11.8 Å². The van der Waals surface area contributed by atoms with E-state index < -0.39 is 0 Å². The SMILES string of the molecule is CCC(C)Sc1cccc(N)c1C. The highest BCUT2D eigenvalue weighted by Crippen LogP contribution is 2.30. The van der Waals surface area contributed by atoms with Crippen molar-refractivity contribution in [3.63, 3.8) is 0 Å². The molecule has 0 spiro atoms. The quantitative estimate of drug-likeness (QED) is 0.590. The number of thioether (sulfide) groups is 1. The topological polar surface area (TPSA) is 26.0 Å². The van der Waals surface area contributed by atoms with Crippen molar-refractivity contribution in [2.45, 2.75) is 37.3 Å². The van der Waals surface area contributed by atoms with Gasteiger partial charge in [-0.25, -0.2) is 0 Å². The van der Waals surface area contributed by atoms with E-state index in [9.17, 15) is 0 Å². The normalized spacial score (nSPS) is 12.8. The van der Waals surface area contributed by atoms with Crippen LogP contribution in [0, 0.1) is 6.92 Å². The lowest BCUT2D eigenvalue weighted by atomic mass is 10.2. The summed E-state index contributed by atoms with van der Waals surface area (Å²) in [7, 11) is 0. The molecule has 0 fully saturated rings. The average molecular weight is 195 g/mol. The second-order valence-electron chi connectivity index (χ2n) is 3.31. The standard InChI is InChI=1S/C11H17NS/c1-4-8(2)13-11-7-5-6-10(12)9(11)3/h5-8H,4,12H2,1-3H3. The molecule has 1 nitrogen and oxygen atoms in total. The zero-order valence-corrected chi connectivity index (χ0v) is 9.32. The van der Waals surface area contributed by atoms with E-state index in [0.29, 0.717) is 5.25 Å². The Hall–Kier alpha value is -0.630. The van der Waals surface area contributed by atoms with Gasteiger partial charge < -0.3 is 5.73 Å². The van der Waals surface area contributed by atoms with Gasteiger partial charge in [0, 0.05) is 15.8 Å². The van der Waals surface area contributed by atoms with Crippen LogP contribution in [0.4, 0.5) is 5.69 Å². The van der Waals surface area contributed by atoms with Gasteiger partial charge in [-0.1, -0.05) is 19.9 Å². The van der Waals surface area contributed by atoms with Crippen LogP contribution in [0.5, 0.6) is 0 Å². The van der Waals surface area contributed by atoms with Crippen molar-refractivity contribution in [3.05, 3.63) is 23.8 Å². The van der Waals surface area contributed by atoms with Crippen LogP contribution in [0.15, 0.2) is 23.1 Å². The Morgan fingerprint density at radius 3 is 2.77 bits per heavy atom. The van der Waals surface area contributed by atoms with E-state index in [1.807, 2.05) is 23.9 Å². The van der Waals surface area contributed by atoms with Gasteiger partial charge in [0.15, 0.2) is 0 Å². The molecule has 0 aliphatic heterocycles. The third-order valence-electron chi connectivity index (χ3n) is 2.23. The Labute approximate surface area is 84.7 Å². The number of benzene rings is 1. The summed E-state index contributed by atoms with van der Waals surface area (Å²) in [5.74, 6) is 0. The van der Waals surface area contributed by atoms with Gasteiger partial charge in [-0.3, -0.25) is 0 Å². The molecule has 1 aromatic carbocycles. The summed E-state index contributed by atoms with van der Waals surface area (Å²) in [5, 5.41) is 0.667. The van der Waals surface area contributed by atoms with Gasteiger partial charge in [-0.05, 0) is 31.0 Å². The van der Waals surface area contributed by atoms with Gasteiger partial charge in [0.05, 0.1) is 0 Å². The molecular formula is C11H17NS. The minimum atomic E-state index is 0.667. The molecule has 1 unspecified atom stereocenters. The fraction of sp³-hybridized carbons (Fsp3) is 0.455. The Bertz CT molecular complexity index is 283. The predicted molar refractivity (Wildman–Crippen MR) is 61.2 cm³/mol. The maximum absolute atomic E-state index is 5.82. The van der Waals surface area contributed by atoms with Crippen LogP contribution in [0.25, 0.3) is 0 Å². The molecule has 0 aliphatic rings. The highest BCUT2D eigenvalue weighted by atomic mass is 32.2. The molecule has 0 bridgehead atoms. The van der Waals surface area contributed by atoms with Crippen molar-refractivity contribution in [3.8, 4) is 0 Å². The molecule has 13 heavy (non-hydrogen) atoms. The molecule has 0 saturated heterocycles. The molecule has 72 valence electrons. The summed E-state index contributed by atoms with van der Waals surface area (Å²) in [6.07, 6.45) is 1.19. The van der Waals surface area contributed by atoms with Crippen molar-refractivity contribution in [2.75, 3.05) is 5.73 Å². The molecule has 1 aromatic rings. The van der Waals surface area contributed by atoms with Gasteiger partial charge in [-0.2, -0.15) is 0 Å². The summed E-state index contributed by atoms with van der Waals surface area (Å²) in [6.45, 7) is 6.53. The number of nitrogen functional groups attached to an aromatic ring is 1. The van der Waals surface area contributed by atoms with Gasteiger partial charge in [0.1, 0.15) is 0 Å². The van der Waals surface area contributed by atoms with E-state index >= 15 is 0 Å². The lowest BCUT2D eigenvalue weighted by molar-refractivity contribution is 0.905. The molecule has 1 rings (SSSR count). The summed E-state index contributed by atoms with van der Waals surface area (Å²) in [4.78, 5) is 1.31. The third-order valence-corrected chi connectivity index (χ3v) is 3.66. The second kappa shape index (κ2) is 4.56. The van der Waals surface area contributed by atoms with Gasteiger partial charge in [0.2, 0.25) is 0 Å². The first-order valence-electron chi connectivity index (χ1n) is 4.67. The largest absolute Gasteiger partial charge is 0.398 e. The minimum absolute atomic E-state index is 0.667. The van der Waals surface area contributed by atoms with Gasteiger partial charge in [-0.15, -0.1) is 11.8 Å². The fourth-order valence-corrected chi connectivity index (χ4v) is 2.11. The molecule has 2 N–H and O–H groups in total. The molecule has 2 heteroatoms. The molecule has 0 radical (unpaired) electrons. The van der Waals surface area contributed by atoms with Crippen LogP contribution in [0.2, 0.25) is 0 Å². The number of nitrogens with two attached hydrogens (primary N) is 1. The molecule has 0 aromatic heterocycles. The van der Waals surface area contributed by atoms with E-state index in [2.05, 4.69) is 26.8 Å². The molecule has 0 amide bonds. The predicted octanol–water partition coefficient (Wildman–Crippen LogP) is 3.47. The minimum Gasteiger partial charge on any atom is -0.398 e. The van der Waals surface area contributed by atoms with Crippen LogP contribution in [0.3, 0.4) is 0 Å². The Kier molecular flexibility index (Phi) is 3.67. The van der Waals surface area contributed by atoms with Crippen molar-refractivity contribution in [2.24, 2.45) is 0 Å². The first-order chi connectivity index (χ1) is 6.15. The van der Waals surface area contributed by atoms with Gasteiger partial charge >= 0.3 is 0 Å². The van der Waals surface area contributed by atoms with E-state index in [1.165, 1.54) is 16.9 Å². The summed E-state index contributed by atoms with van der Waals surface area (Å²) in [5.41, 5.74) is 7.94. The molecule has 0 heterocycles. The van der Waals surface area contributed by atoms with Crippen molar-refractivity contribution >= 4 is 17.4 Å². The fourth-order valence-electron chi connectivity index (χ4n) is 1.06. The maximum atomic E-state index is 5.82. The lowest BCUT2D eigenvalue weighted by Gasteiger charge is -2.11. The van der Waals surface area contributed by atoms with Crippen LogP contribution in [-0.2, 0) is 0 Å². The van der Waals surface area contributed by atoms with Crippen molar-refractivity contribution in [1.29, 1.82) is 0 Å². The second-order valence-corrected chi connectivity index (χ2v) is 4.79. The van der Waals surface area contributed by atoms with Crippen LogP contribution in [0.1, 0.15) is 25.8 Å². The number of anilines is 1. The highest BCUT2D eigenvalue weighted by molar-refractivity contribution is 8.00. The first-order valence-corrected chi connectivity index (χ1v) is 5.54. The van der Waals surface area contributed by atoms with Crippen LogP contribution < -0.4 is 5.73 Å². The average Bonchev–Trinajstić information content (AvgIpc) is 2.13. The lowest BCUT2D eigenvalue weighted by Crippen LogP contribution is -1.96. The van der Waals surface area contributed by atoms with Crippen LogP contribution in [-0.4, -0.2) is 5.25 Å². The Balaban J connectivity index is 2.83. The monoisotopic (exact) mass is 195 g/mol. The third kappa shape index (κ3) is 2.66. The van der Waals surface area contributed by atoms with Crippen molar-refractivity contribution in [1.82, 2.24) is 0 Å². The number of rotatable bonds is 3. The molecular weight excluding hydrogens is 178 g/mol. The number of hydrogen-bond donors (Lipinski definition) is 1. The van der Waals surface area contributed by atoms with Crippen molar-refractivity contribution < 1.29 is 0 Å². The van der Waals surface area contributed by atoms with Gasteiger partial charge in [0.25, 0.3) is 0 Å². The molecule has 1 atom stereocenters. The van der Waals surface area contributed by atoms with E-state index in [0.717, 1.165) is 5.69 Å². The Morgan fingerprint density at radius 2 is 2.15 bits per heavy atom. The van der Waals surface area contributed by atoms with E-state index in [1.54, 1.807) is 0 Å². The highest BCUT2D eigenvalue weighted by Gasteiger charge is 2.05. The first kappa shape index (κ1) is 10.5. The van der Waals surface area contributed by atoms with E-state index in [-0.39, 0.29) is 0 Å². The Morgan fingerprint density at radius 1 is 1.46 bits per heavy atom. The zero-order valence-electron chi connectivity index (χ0n) is 8.50. The molecule has 0 aliphatic carbocycles. The molecule has 0 saturated carbocycles. The zero-order chi connectivity index (χ0) is 9.84. The smallest absolute Gasteiger partial charge is 0.0354 e. The number of hydrogen-bond acceptors (Lipinski definition) is 2.